The van der Waals surface area contributed by atoms with Crippen LogP contribution in [0.25, 0.3) is 0 Å². The van der Waals surface area contributed by atoms with Gasteiger partial charge in [0.2, 0.25) is 0 Å². The van der Waals surface area contributed by atoms with E-state index in [1.165, 1.54) is 11.3 Å². The van der Waals surface area contributed by atoms with Crippen LogP contribution in [-0.2, 0) is 16.9 Å². The molecule has 0 bridgehead atoms. The van der Waals surface area contributed by atoms with Crippen LogP contribution < -0.4 is 5.32 Å². The van der Waals surface area contributed by atoms with Crippen LogP contribution in [0, 0.1) is 13.8 Å². The molecular weight excluding hydrogens is 262 g/mol. The van der Waals surface area contributed by atoms with Gasteiger partial charge in [-0.15, -0.1) is 0 Å². The van der Waals surface area contributed by atoms with E-state index >= 15 is 0 Å². The first-order valence-electron chi connectivity index (χ1n) is 6.76. The fourth-order valence-electron chi connectivity index (χ4n) is 2.91. The number of nitrogens with one attached hydrogen (secondary N) is 1. The van der Waals surface area contributed by atoms with Crippen LogP contribution in [0.5, 0.6) is 0 Å². The molecule has 0 radical (unpaired) electrons. The Morgan fingerprint density at radius 1 is 1.32 bits per heavy atom. The third-order valence-corrected chi connectivity index (χ3v) is 5.75. The molecule has 1 N–H and O–H groups in total. The maximum Gasteiger partial charge on any atom is 0.150 e. The Morgan fingerprint density at radius 2 is 1.89 bits per heavy atom. The maximum atomic E-state index is 11.4. The van der Waals surface area contributed by atoms with Crippen molar-refractivity contribution in [3.63, 3.8) is 0 Å². The Morgan fingerprint density at radius 3 is 2.37 bits per heavy atom. The predicted molar refractivity (Wildman–Crippen MR) is 75.9 cm³/mol. The highest BCUT2D eigenvalue weighted by molar-refractivity contribution is 7.91. The zero-order chi connectivity index (χ0) is 14.2. The highest BCUT2D eigenvalue weighted by Crippen LogP contribution is 2.23. The second-order valence-electron chi connectivity index (χ2n) is 5.52. The van der Waals surface area contributed by atoms with Crippen molar-refractivity contribution in [2.45, 2.75) is 45.7 Å². The zero-order valence-corrected chi connectivity index (χ0v) is 12.9. The van der Waals surface area contributed by atoms with E-state index < -0.39 is 9.84 Å². The molecule has 1 saturated heterocycles. The fourth-order valence-corrected chi connectivity index (χ4v) is 4.40. The van der Waals surface area contributed by atoms with E-state index in [4.69, 9.17) is 0 Å². The van der Waals surface area contributed by atoms with Gasteiger partial charge in [-0.25, -0.2) is 8.42 Å². The minimum absolute atomic E-state index is 0.208. The summed E-state index contributed by atoms with van der Waals surface area (Å²) < 4.78 is 24.7. The minimum Gasteiger partial charge on any atom is -0.307 e. The largest absolute Gasteiger partial charge is 0.307 e. The molecule has 108 valence electrons. The van der Waals surface area contributed by atoms with Crippen LogP contribution in [0.4, 0.5) is 0 Å². The summed E-state index contributed by atoms with van der Waals surface area (Å²) >= 11 is 0. The molecule has 1 aromatic heterocycles. The monoisotopic (exact) mass is 285 g/mol. The van der Waals surface area contributed by atoms with Gasteiger partial charge in [-0.3, -0.25) is 4.68 Å². The van der Waals surface area contributed by atoms with E-state index in [1.807, 2.05) is 18.7 Å². The van der Waals surface area contributed by atoms with Crippen molar-refractivity contribution in [1.29, 1.82) is 0 Å². The number of aromatic nitrogens is 2. The summed E-state index contributed by atoms with van der Waals surface area (Å²) in [5.41, 5.74) is 3.44. The molecule has 1 aromatic rings. The van der Waals surface area contributed by atoms with Crippen molar-refractivity contribution >= 4 is 9.84 Å². The summed E-state index contributed by atoms with van der Waals surface area (Å²) in [6.45, 7) is 6.21. The third-order valence-electron chi connectivity index (χ3n) is 4.04. The molecule has 2 rings (SSSR count). The fraction of sp³-hybridized carbons (Fsp3) is 0.769. The van der Waals surface area contributed by atoms with Crippen molar-refractivity contribution in [2.75, 3.05) is 11.5 Å². The standard InChI is InChI=1S/C13H23N3O2S/c1-9(13-10(2)15-16(4)11(13)3)14-12-5-7-19(17,18)8-6-12/h9,12,14H,5-8H2,1-4H3. The van der Waals surface area contributed by atoms with Crippen LogP contribution in [0.3, 0.4) is 0 Å². The molecule has 0 amide bonds. The summed E-state index contributed by atoms with van der Waals surface area (Å²) in [6.07, 6.45) is 1.43. The molecule has 5 nitrogen and oxygen atoms in total. The van der Waals surface area contributed by atoms with Crippen molar-refractivity contribution in [3.05, 3.63) is 17.0 Å². The quantitative estimate of drug-likeness (QED) is 0.908. The van der Waals surface area contributed by atoms with Gasteiger partial charge in [0, 0.05) is 30.4 Å². The van der Waals surface area contributed by atoms with Crippen molar-refractivity contribution < 1.29 is 8.42 Å². The van der Waals surface area contributed by atoms with Gasteiger partial charge in [-0.05, 0) is 33.6 Å². The molecule has 2 heterocycles. The SMILES string of the molecule is Cc1nn(C)c(C)c1C(C)NC1CCS(=O)(=O)CC1. The van der Waals surface area contributed by atoms with Crippen molar-refractivity contribution in [2.24, 2.45) is 7.05 Å². The number of hydrogen-bond acceptors (Lipinski definition) is 4. The van der Waals surface area contributed by atoms with E-state index in [0.29, 0.717) is 24.3 Å². The van der Waals surface area contributed by atoms with Gasteiger partial charge in [0.1, 0.15) is 9.84 Å². The molecule has 0 saturated carbocycles. The molecule has 1 atom stereocenters. The minimum atomic E-state index is -2.78. The van der Waals surface area contributed by atoms with E-state index in [9.17, 15) is 8.42 Å². The molecular formula is C13H23N3O2S. The molecule has 19 heavy (non-hydrogen) atoms. The summed E-state index contributed by atoms with van der Waals surface area (Å²) in [6, 6.07) is 0.497. The number of nitrogens with zero attached hydrogens (tertiary/aromatic N) is 2. The topological polar surface area (TPSA) is 64.0 Å². The molecule has 1 aliphatic rings. The molecule has 1 unspecified atom stereocenters. The lowest BCUT2D eigenvalue weighted by molar-refractivity contribution is 0.418. The van der Waals surface area contributed by atoms with Crippen LogP contribution in [-0.4, -0.2) is 35.7 Å². The smallest absolute Gasteiger partial charge is 0.150 e. The van der Waals surface area contributed by atoms with Gasteiger partial charge >= 0.3 is 0 Å². The van der Waals surface area contributed by atoms with E-state index in [0.717, 1.165) is 5.69 Å². The summed E-state index contributed by atoms with van der Waals surface area (Å²) in [5.74, 6) is 0.616. The number of hydrogen-bond donors (Lipinski definition) is 1. The van der Waals surface area contributed by atoms with Gasteiger partial charge in [0.15, 0.2) is 0 Å². The Kier molecular flexibility index (Phi) is 4.01. The Labute approximate surface area is 115 Å². The average Bonchev–Trinajstić information content (AvgIpc) is 2.56. The number of rotatable bonds is 3. The first-order valence-corrected chi connectivity index (χ1v) is 8.59. The van der Waals surface area contributed by atoms with Gasteiger partial charge in [-0.1, -0.05) is 0 Å². The highest BCUT2D eigenvalue weighted by Gasteiger charge is 2.26. The molecule has 1 aliphatic heterocycles. The lowest BCUT2D eigenvalue weighted by Crippen LogP contribution is -2.39. The van der Waals surface area contributed by atoms with Gasteiger partial charge in [0.25, 0.3) is 0 Å². The molecule has 1 fully saturated rings. The van der Waals surface area contributed by atoms with E-state index in [-0.39, 0.29) is 12.1 Å². The lowest BCUT2D eigenvalue weighted by atomic mass is 10.0. The second-order valence-corrected chi connectivity index (χ2v) is 7.83. The maximum absolute atomic E-state index is 11.4. The van der Waals surface area contributed by atoms with Crippen LogP contribution in [0.1, 0.15) is 42.8 Å². The van der Waals surface area contributed by atoms with Gasteiger partial charge < -0.3 is 5.32 Å². The van der Waals surface area contributed by atoms with E-state index in [2.05, 4.69) is 24.3 Å². The van der Waals surface area contributed by atoms with E-state index in [1.54, 1.807) is 0 Å². The summed E-state index contributed by atoms with van der Waals surface area (Å²) in [7, 11) is -0.835. The third kappa shape index (κ3) is 3.17. The normalized spacial score (nSPS) is 21.5. The first kappa shape index (κ1) is 14.5. The summed E-state index contributed by atoms with van der Waals surface area (Å²) in [4.78, 5) is 0. The van der Waals surface area contributed by atoms with Gasteiger partial charge in [0.05, 0.1) is 17.2 Å². The zero-order valence-electron chi connectivity index (χ0n) is 12.1. The Bertz CT molecular complexity index is 549. The molecule has 6 heteroatoms. The van der Waals surface area contributed by atoms with Crippen LogP contribution >= 0.6 is 0 Å². The molecule has 0 aliphatic carbocycles. The number of aryl methyl sites for hydroxylation is 2. The second kappa shape index (κ2) is 5.25. The Balaban J connectivity index is 2.04. The lowest BCUT2D eigenvalue weighted by Gasteiger charge is -2.27. The van der Waals surface area contributed by atoms with Crippen molar-refractivity contribution in [3.8, 4) is 0 Å². The number of sulfone groups is 1. The first-order chi connectivity index (χ1) is 8.80. The molecule has 0 spiro atoms. The van der Waals surface area contributed by atoms with Crippen LogP contribution in [0.2, 0.25) is 0 Å². The Hall–Kier alpha value is -0.880. The summed E-state index contributed by atoms with van der Waals surface area (Å²) in [5, 5.41) is 7.98. The van der Waals surface area contributed by atoms with Gasteiger partial charge in [-0.2, -0.15) is 5.10 Å². The van der Waals surface area contributed by atoms with Crippen molar-refractivity contribution in [1.82, 2.24) is 15.1 Å². The highest BCUT2D eigenvalue weighted by atomic mass is 32.2. The average molecular weight is 285 g/mol. The van der Waals surface area contributed by atoms with Crippen LogP contribution in [0.15, 0.2) is 0 Å². The molecule has 0 aromatic carbocycles. The predicted octanol–water partition coefficient (Wildman–Crippen LogP) is 1.26.